The van der Waals surface area contributed by atoms with E-state index in [2.05, 4.69) is 0 Å². The first kappa shape index (κ1) is 34.9. The molecular weight excluding hydrogens is 518 g/mol. The van der Waals surface area contributed by atoms with Crippen LogP contribution in [0.4, 0.5) is 4.79 Å². The number of ether oxygens (including phenoxy) is 5. The van der Waals surface area contributed by atoms with Crippen molar-refractivity contribution < 1.29 is 42.9 Å². The molecule has 0 saturated heterocycles. The Labute approximate surface area is 238 Å². The van der Waals surface area contributed by atoms with Crippen LogP contribution < -0.4 is 15.2 Å². The van der Waals surface area contributed by atoms with Crippen molar-refractivity contribution >= 4 is 24.1 Å². The van der Waals surface area contributed by atoms with Crippen LogP contribution in [0, 0.1) is 17.8 Å². The molecule has 0 aromatic heterocycles. The molecule has 0 bridgehead atoms. The molecular formula is C30H47NO9. The van der Waals surface area contributed by atoms with E-state index in [0.29, 0.717) is 18.4 Å². The second-order valence-electron chi connectivity index (χ2n) is 10.7. The Bertz CT molecular complexity index is 978. The lowest BCUT2D eigenvalue weighted by Crippen LogP contribution is -2.39. The van der Waals surface area contributed by atoms with Gasteiger partial charge in [-0.25, -0.2) is 4.79 Å². The van der Waals surface area contributed by atoms with Gasteiger partial charge in [0, 0.05) is 0 Å². The molecule has 5 atom stereocenters. The molecule has 0 saturated carbocycles. The fourth-order valence-electron chi connectivity index (χ4n) is 3.58. The highest BCUT2D eigenvalue weighted by molar-refractivity contribution is 5.79. The van der Waals surface area contributed by atoms with Gasteiger partial charge in [-0.15, -0.1) is 0 Å². The summed E-state index contributed by atoms with van der Waals surface area (Å²) in [5.41, 5.74) is 6.69. The van der Waals surface area contributed by atoms with Crippen LogP contribution in [0.2, 0.25) is 0 Å². The van der Waals surface area contributed by atoms with Gasteiger partial charge in [-0.2, -0.15) is 0 Å². The second-order valence-corrected chi connectivity index (χ2v) is 10.7. The van der Waals surface area contributed by atoms with Crippen LogP contribution in [0.5, 0.6) is 11.5 Å². The molecule has 2 N–H and O–H groups in total. The van der Waals surface area contributed by atoms with E-state index in [1.54, 1.807) is 33.8 Å². The van der Waals surface area contributed by atoms with Gasteiger partial charge >= 0.3 is 24.1 Å². The quantitative estimate of drug-likeness (QED) is 0.205. The first-order valence-corrected chi connectivity index (χ1v) is 14.1. The number of nitrogens with two attached hydrogens (primary N) is 1. The smallest absolute Gasteiger partial charge is 0.458 e. The molecule has 0 radical (unpaired) electrons. The summed E-state index contributed by atoms with van der Waals surface area (Å²) in [7, 11) is 0. The molecule has 2 unspecified atom stereocenters. The van der Waals surface area contributed by atoms with Crippen molar-refractivity contribution in [1.82, 2.24) is 0 Å². The van der Waals surface area contributed by atoms with E-state index >= 15 is 0 Å². The zero-order valence-electron chi connectivity index (χ0n) is 25.2. The predicted octanol–water partition coefficient (Wildman–Crippen LogP) is 5.37. The molecule has 0 aliphatic rings. The Kier molecular flexibility index (Phi) is 15.3. The molecule has 0 fully saturated rings. The largest absolute Gasteiger partial charge is 0.508 e. The minimum atomic E-state index is -1.05. The van der Waals surface area contributed by atoms with E-state index in [0.717, 1.165) is 12.8 Å². The predicted molar refractivity (Wildman–Crippen MR) is 150 cm³/mol. The molecule has 0 spiro atoms. The summed E-state index contributed by atoms with van der Waals surface area (Å²) in [5, 5.41) is 0. The van der Waals surface area contributed by atoms with E-state index < -0.39 is 42.3 Å². The van der Waals surface area contributed by atoms with Gasteiger partial charge in [0.25, 0.3) is 0 Å². The van der Waals surface area contributed by atoms with Gasteiger partial charge in [0.15, 0.2) is 11.5 Å². The third-order valence-electron chi connectivity index (χ3n) is 6.22. The monoisotopic (exact) mass is 565 g/mol. The van der Waals surface area contributed by atoms with Gasteiger partial charge in [-0.05, 0) is 56.7 Å². The van der Waals surface area contributed by atoms with Crippen LogP contribution in [0.3, 0.4) is 0 Å². The number of carbonyl (C=O) groups excluding carboxylic acids is 4. The van der Waals surface area contributed by atoms with E-state index in [9.17, 15) is 19.2 Å². The molecule has 0 heterocycles. The lowest BCUT2D eigenvalue weighted by molar-refractivity contribution is -0.155. The number of hydrogen-bond donors (Lipinski definition) is 1. The summed E-state index contributed by atoms with van der Waals surface area (Å²) in [6, 6.07) is 3.66. The summed E-state index contributed by atoms with van der Waals surface area (Å²) in [6.07, 6.45) is 0.646. The molecule has 1 aromatic rings. The summed E-state index contributed by atoms with van der Waals surface area (Å²) in [4.78, 5) is 49.6. The summed E-state index contributed by atoms with van der Waals surface area (Å²) in [6.45, 7) is 14.7. The molecule has 226 valence electrons. The van der Waals surface area contributed by atoms with E-state index in [1.165, 1.54) is 12.1 Å². The number of benzene rings is 1. The minimum absolute atomic E-state index is 0.0623. The van der Waals surface area contributed by atoms with Gasteiger partial charge in [-0.3, -0.25) is 14.4 Å². The zero-order chi connectivity index (χ0) is 30.4. The maximum Gasteiger partial charge on any atom is 0.508 e. The standard InChI is InChI=1S/C30H47NO9/c1-9-11-19(5)27(32)39-25-14-13-23(16-26(25)40-28(33)20(6)12-10-2)15-24(31)29(34)37-21(7)22(8)38-30(35)36-17-18(3)4/h13-14,16,18-22,24H,9-12,15,17,31H2,1-8H3/t19?,20?,21-,22-,24-/m0/s1. The first-order chi connectivity index (χ1) is 18.8. The number of hydrogen-bond acceptors (Lipinski definition) is 10. The summed E-state index contributed by atoms with van der Waals surface area (Å²) >= 11 is 0. The number of rotatable bonds is 16. The van der Waals surface area contributed by atoms with Crippen LogP contribution >= 0.6 is 0 Å². The average molecular weight is 566 g/mol. The Morgan fingerprint density at radius 3 is 1.80 bits per heavy atom. The van der Waals surface area contributed by atoms with Crippen LogP contribution in [0.25, 0.3) is 0 Å². The van der Waals surface area contributed by atoms with E-state index in [1.807, 2.05) is 27.7 Å². The van der Waals surface area contributed by atoms with Gasteiger partial charge in [0.1, 0.15) is 18.2 Å². The van der Waals surface area contributed by atoms with Crippen molar-refractivity contribution in [2.75, 3.05) is 6.61 Å². The lowest BCUT2D eigenvalue weighted by Gasteiger charge is -2.22. The Hall–Kier alpha value is -3.14. The maximum absolute atomic E-state index is 12.7. The lowest BCUT2D eigenvalue weighted by atomic mass is 10.0. The third kappa shape index (κ3) is 12.4. The number of carbonyl (C=O) groups is 4. The van der Waals surface area contributed by atoms with Crippen molar-refractivity contribution in [3.8, 4) is 11.5 Å². The molecule has 0 aliphatic heterocycles. The zero-order valence-corrected chi connectivity index (χ0v) is 25.2. The van der Waals surface area contributed by atoms with Crippen molar-refractivity contribution in [3.05, 3.63) is 23.8 Å². The highest BCUT2D eigenvalue weighted by Gasteiger charge is 2.26. The highest BCUT2D eigenvalue weighted by Crippen LogP contribution is 2.31. The molecule has 40 heavy (non-hydrogen) atoms. The SMILES string of the molecule is CCCC(C)C(=O)Oc1ccc(C[C@H](N)C(=O)O[C@@H](C)[C@H](C)OC(=O)OCC(C)C)cc1OC(=O)C(C)CCC. The number of esters is 3. The first-order valence-electron chi connectivity index (χ1n) is 14.1. The van der Waals surface area contributed by atoms with E-state index in [-0.39, 0.29) is 42.3 Å². The van der Waals surface area contributed by atoms with Crippen LogP contribution in [-0.2, 0) is 35.0 Å². The topological polar surface area (TPSA) is 140 Å². The molecule has 0 amide bonds. The second kappa shape index (κ2) is 17.5. The fraction of sp³-hybridized carbons (Fsp3) is 0.667. The van der Waals surface area contributed by atoms with Gasteiger partial charge < -0.3 is 29.4 Å². The maximum atomic E-state index is 12.7. The van der Waals surface area contributed by atoms with Crippen molar-refractivity contribution in [2.24, 2.45) is 23.5 Å². The van der Waals surface area contributed by atoms with E-state index in [4.69, 9.17) is 29.4 Å². The summed E-state index contributed by atoms with van der Waals surface area (Å²) in [5.74, 6) is -1.87. The molecule has 1 aromatic carbocycles. The van der Waals surface area contributed by atoms with Crippen LogP contribution in [-0.4, -0.2) is 48.9 Å². The third-order valence-corrected chi connectivity index (χ3v) is 6.22. The fourth-order valence-corrected chi connectivity index (χ4v) is 3.58. The van der Waals surface area contributed by atoms with Crippen molar-refractivity contribution in [3.63, 3.8) is 0 Å². The van der Waals surface area contributed by atoms with Gasteiger partial charge in [0.05, 0.1) is 18.4 Å². The summed E-state index contributed by atoms with van der Waals surface area (Å²) < 4.78 is 26.7. The molecule has 10 nitrogen and oxygen atoms in total. The van der Waals surface area contributed by atoms with Crippen LogP contribution in [0.1, 0.15) is 86.6 Å². The molecule has 0 aliphatic carbocycles. The Morgan fingerprint density at radius 1 is 0.750 bits per heavy atom. The van der Waals surface area contributed by atoms with Crippen molar-refractivity contribution in [1.29, 1.82) is 0 Å². The molecule has 1 rings (SSSR count). The average Bonchev–Trinajstić information content (AvgIpc) is 2.88. The van der Waals surface area contributed by atoms with Gasteiger partial charge in [-0.1, -0.05) is 60.5 Å². The normalized spacial score (nSPS) is 14.8. The molecule has 10 heteroatoms. The Balaban J connectivity index is 2.95. The minimum Gasteiger partial charge on any atom is -0.458 e. The van der Waals surface area contributed by atoms with Crippen molar-refractivity contribution in [2.45, 2.75) is 106 Å². The van der Waals surface area contributed by atoms with Gasteiger partial charge in [0.2, 0.25) is 0 Å². The Morgan fingerprint density at radius 2 is 1.27 bits per heavy atom. The van der Waals surface area contributed by atoms with Crippen LogP contribution in [0.15, 0.2) is 18.2 Å². The highest BCUT2D eigenvalue weighted by atomic mass is 16.7.